The van der Waals surface area contributed by atoms with Gasteiger partial charge >= 0.3 is 12.1 Å². The number of hydrogen-bond acceptors (Lipinski definition) is 4. The van der Waals surface area contributed by atoms with Crippen LogP contribution < -0.4 is 10.1 Å². The van der Waals surface area contributed by atoms with E-state index in [0.717, 1.165) is 23.8 Å². The zero-order valence-electron chi connectivity index (χ0n) is 15.9. The van der Waals surface area contributed by atoms with Gasteiger partial charge in [-0.2, -0.15) is 13.2 Å². The number of carbonyl (C=O) groups excluding carboxylic acids is 2. The molecule has 8 heteroatoms. The summed E-state index contributed by atoms with van der Waals surface area (Å²) < 4.78 is 49.1. The van der Waals surface area contributed by atoms with Crippen LogP contribution in [0.3, 0.4) is 0 Å². The van der Waals surface area contributed by atoms with E-state index in [1.54, 1.807) is 0 Å². The summed E-state index contributed by atoms with van der Waals surface area (Å²) in [5.41, 5.74) is -0.0919. The molecule has 0 aliphatic heterocycles. The van der Waals surface area contributed by atoms with E-state index in [0.29, 0.717) is 12.8 Å². The fraction of sp³-hybridized carbons (Fsp3) is 0.333. The molecule has 1 amide bonds. The van der Waals surface area contributed by atoms with Gasteiger partial charge in [0.1, 0.15) is 5.75 Å². The first-order valence-corrected chi connectivity index (χ1v) is 9.13. The zero-order chi connectivity index (χ0) is 21.3. The van der Waals surface area contributed by atoms with Crippen molar-refractivity contribution in [2.75, 3.05) is 18.5 Å². The van der Waals surface area contributed by atoms with Crippen LogP contribution in [0.25, 0.3) is 0 Å². The van der Waals surface area contributed by atoms with Crippen LogP contribution in [0.4, 0.5) is 18.9 Å². The lowest BCUT2D eigenvalue weighted by Crippen LogP contribution is -2.22. The highest BCUT2D eigenvalue weighted by Crippen LogP contribution is 2.35. The van der Waals surface area contributed by atoms with Crippen LogP contribution in [0, 0.1) is 0 Å². The van der Waals surface area contributed by atoms with Gasteiger partial charge in [0.25, 0.3) is 5.91 Å². The third-order valence-corrected chi connectivity index (χ3v) is 3.87. The summed E-state index contributed by atoms with van der Waals surface area (Å²) in [6, 6.07) is 12.1. The Bertz CT molecular complexity index is 822. The van der Waals surface area contributed by atoms with Crippen molar-refractivity contribution < 1.29 is 32.2 Å². The van der Waals surface area contributed by atoms with Gasteiger partial charge in [0.05, 0.1) is 17.9 Å². The Morgan fingerprint density at radius 1 is 1.07 bits per heavy atom. The van der Waals surface area contributed by atoms with Crippen molar-refractivity contribution in [3.05, 3.63) is 59.7 Å². The normalized spacial score (nSPS) is 11.0. The molecule has 0 aliphatic rings. The Hall–Kier alpha value is -3.03. The summed E-state index contributed by atoms with van der Waals surface area (Å²) in [5.74, 6) is -1.21. The largest absolute Gasteiger partial charge is 0.491 e. The molecule has 156 valence electrons. The topological polar surface area (TPSA) is 64.6 Å². The van der Waals surface area contributed by atoms with Crippen molar-refractivity contribution >= 4 is 17.6 Å². The summed E-state index contributed by atoms with van der Waals surface area (Å²) in [7, 11) is 0. The highest BCUT2D eigenvalue weighted by atomic mass is 19.4. The summed E-state index contributed by atoms with van der Waals surface area (Å²) in [6.45, 7) is 1.52. The number of halogens is 3. The molecule has 0 heterocycles. The minimum Gasteiger partial charge on any atom is -0.491 e. The van der Waals surface area contributed by atoms with E-state index in [4.69, 9.17) is 9.47 Å². The van der Waals surface area contributed by atoms with E-state index in [1.165, 1.54) is 0 Å². The fourth-order valence-corrected chi connectivity index (χ4v) is 2.44. The van der Waals surface area contributed by atoms with Gasteiger partial charge in [-0.1, -0.05) is 37.3 Å². The molecule has 29 heavy (non-hydrogen) atoms. The number of carbonyl (C=O) groups is 2. The lowest BCUT2D eigenvalue weighted by molar-refractivity contribution is -0.147. The Morgan fingerprint density at radius 3 is 2.45 bits per heavy atom. The van der Waals surface area contributed by atoms with Crippen molar-refractivity contribution in [1.82, 2.24) is 0 Å². The van der Waals surface area contributed by atoms with Gasteiger partial charge in [0, 0.05) is 6.42 Å². The molecule has 0 unspecified atom stereocenters. The predicted octanol–water partition coefficient (Wildman–Crippen LogP) is 4.61. The molecule has 0 spiro atoms. The maximum atomic E-state index is 12.9. The van der Waals surface area contributed by atoms with E-state index in [9.17, 15) is 22.8 Å². The molecule has 2 rings (SSSR count). The molecule has 2 aromatic rings. The van der Waals surface area contributed by atoms with Crippen LogP contribution in [0.2, 0.25) is 0 Å². The van der Waals surface area contributed by atoms with Crippen LogP contribution in [0.5, 0.6) is 5.75 Å². The van der Waals surface area contributed by atoms with Gasteiger partial charge in [-0.15, -0.1) is 0 Å². The molecule has 1 N–H and O–H groups in total. The van der Waals surface area contributed by atoms with E-state index in [2.05, 4.69) is 5.32 Å². The third kappa shape index (κ3) is 7.48. The minimum absolute atomic E-state index is 0.0890. The molecule has 2 aromatic carbocycles. The van der Waals surface area contributed by atoms with Gasteiger partial charge < -0.3 is 14.8 Å². The SMILES string of the molecule is CCCOc1ccc(C(F)(F)F)cc1NC(=O)COC(=O)CCc1ccccc1. The Kier molecular flexibility index (Phi) is 8.06. The molecular formula is C21H22F3NO4. The monoisotopic (exact) mass is 409 g/mol. The summed E-state index contributed by atoms with van der Waals surface area (Å²) in [5, 5.41) is 2.32. The second-order valence-electron chi connectivity index (χ2n) is 6.25. The first kappa shape index (κ1) is 22.3. The van der Waals surface area contributed by atoms with E-state index in [-0.39, 0.29) is 24.5 Å². The molecular weight excluding hydrogens is 387 g/mol. The maximum absolute atomic E-state index is 12.9. The van der Waals surface area contributed by atoms with Gasteiger partial charge in [-0.25, -0.2) is 0 Å². The van der Waals surface area contributed by atoms with Gasteiger partial charge in [-0.3, -0.25) is 9.59 Å². The first-order chi connectivity index (χ1) is 13.8. The number of anilines is 1. The lowest BCUT2D eigenvalue weighted by atomic mass is 10.1. The second kappa shape index (κ2) is 10.5. The molecule has 5 nitrogen and oxygen atoms in total. The number of nitrogens with one attached hydrogen (secondary N) is 1. The van der Waals surface area contributed by atoms with E-state index >= 15 is 0 Å². The smallest absolute Gasteiger partial charge is 0.416 e. The molecule has 0 radical (unpaired) electrons. The number of hydrogen-bond donors (Lipinski definition) is 1. The average molecular weight is 409 g/mol. The zero-order valence-corrected chi connectivity index (χ0v) is 15.9. The van der Waals surface area contributed by atoms with Crippen molar-refractivity contribution in [2.24, 2.45) is 0 Å². The number of rotatable bonds is 9. The minimum atomic E-state index is -4.56. The van der Waals surface area contributed by atoms with E-state index in [1.807, 2.05) is 37.3 Å². The van der Waals surface area contributed by atoms with Crippen molar-refractivity contribution in [2.45, 2.75) is 32.4 Å². The maximum Gasteiger partial charge on any atom is 0.416 e. The van der Waals surface area contributed by atoms with Gasteiger partial charge in [0.2, 0.25) is 0 Å². The van der Waals surface area contributed by atoms with Gasteiger partial charge in [0.15, 0.2) is 6.61 Å². The Morgan fingerprint density at radius 2 is 1.79 bits per heavy atom. The Labute approximate surface area is 166 Å². The molecule has 0 saturated heterocycles. The summed E-state index contributed by atoms with van der Waals surface area (Å²) in [4.78, 5) is 23.8. The molecule has 0 atom stereocenters. The van der Waals surface area contributed by atoms with Crippen molar-refractivity contribution in [1.29, 1.82) is 0 Å². The standard InChI is InChI=1S/C21H22F3NO4/c1-2-12-28-18-10-9-16(21(22,23)24)13-17(18)25-19(26)14-29-20(27)11-8-15-6-4-3-5-7-15/h3-7,9-10,13H,2,8,11-12,14H2,1H3,(H,25,26). The molecule has 0 fully saturated rings. The molecule has 0 aliphatic carbocycles. The van der Waals surface area contributed by atoms with Crippen molar-refractivity contribution in [3.63, 3.8) is 0 Å². The highest BCUT2D eigenvalue weighted by Gasteiger charge is 2.31. The quantitative estimate of drug-likeness (QED) is 0.615. The number of esters is 1. The summed E-state index contributed by atoms with van der Waals surface area (Å²) in [6.07, 6.45) is -3.37. The molecule has 0 aromatic heterocycles. The number of alkyl halides is 3. The van der Waals surface area contributed by atoms with Crippen molar-refractivity contribution in [3.8, 4) is 5.75 Å². The van der Waals surface area contributed by atoms with Crippen LogP contribution >= 0.6 is 0 Å². The first-order valence-electron chi connectivity index (χ1n) is 9.13. The third-order valence-electron chi connectivity index (χ3n) is 3.87. The van der Waals surface area contributed by atoms with Crippen LogP contribution in [-0.2, 0) is 26.9 Å². The number of amides is 1. The Balaban J connectivity index is 1.93. The van der Waals surface area contributed by atoms with Gasteiger partial charge in [-0.05, 0) is 36.6 Å². The van der Waals surface area contributed by atoms with Crippen LogP contribution in [-0.4, -0.2) is 25.1 Å². The molecule has 0 saturated carbocycles. The number of aryl methyl sites for hydroxylation is 1. The van der Waals surface area contributed by atoms with Crippen LogP contribution in [0.15, 0.2) is 48.5 Å². The molecule has 0 bridgehead atoms. The average Bonchev–Trinajstić information content (AvgIpc) is 2.69. The highest BCUT2D eigenvalue weighted by molar-refractivity contribution is 5.94. The predicted molar refractivity (Wildman–Crippen MR) is 102 cm³/mol. The van der Waals surface area contributed by atoms with E-state index < -0.39 is 30.2 Å². The van der Waals surface area contributed by atoms with Crippen LogP contribution in [0.1, 0.15) is 30.9 Å². The second-order valence-corrected chi connectivity index (χ2v) is 6.25. The summed E-state index contributed by atoms with van der Waals surface area (Å²) >= 11 is 0. The lowest BCUT2D eigenvalue weighted by Gasteiger charge is -2.15. The number of benzene rings is 2. The number of ether oxygens (including phenoxy) is 2. The fourth-order valence-electron chi connectivity index (χ4n) is 2.44.